The van der Waals surface area contributed by atoms with E-state index in [1.807, 2.05) is 16.8 Å². The van der Waals surface area contributed by atoms with Gasteiger partial charge in [0.05, 0.1) is 11.5 Å². The van der Waals surface area contributed by atoms with E-state index in [1.54, 1.807) is 11.8 Å². The van der Waals surface area contributed by atoms with Crippen molar-refractivity contribution in [3.05, 3.63) is 22.4 Å². The normalized spacial score (nSPS) is 25.7. The molecule has 2 fully saturated rings. The largest absolute Gasteiger partial charge is 0.339 e. The van der Waals surface area contributed by atoms with Gasteiger partial charge in [0.1, 0.15) is 5.69 Å². The van der Waals surface area contributed by atoms with Gasteiger partial charge in [0.25, 0.3) is 5.91 Å². The molecule has 0 spiro atoms. The molecule has 0 bridgehead atoms. The molecule has 20 heavy (non-hydrogen) atoms. The third-order valence-electron chi connectivity index (χ3n) is 3.91. The van der Waals surface area contributed by atoms with Crippen LogP contribution in [0.15, 0.2) is 16.7 Å². The Morgan fingerprint density at radius 3 is 2.70 bits per heavy atom. The molecule has 1 aliphatic carbocycles. The fourth-order valence-corrected chi connectivity index (χ4v) is 4.71. The Labute approximate surface area is 127 Å². The molecule has 1 amide bonds. The molecule has 1 saturated carbocycles. The SMILES string of the molecule is CC1CS(=O)(=O)CCN1C(=O)c1cc(Br)cn1C1CC1. The van der Waals surface area contributed by atoms with Crippen LogP contribution in [-0.4, -0.2) is 47.9 Å². The number of carbonyl (C=O) groups is 1. The summed E-state index contributed by atoms with van der Waals surface area (Å²) in [5.74, 6) is 0.0586. The van der Waals surface area contributed by atoms with Gasteiger partial charge >= 0.3 is 0 Å². The second kappa shape index (κ2) is 4.87. The van der Waals surface area contributed by atoms with Crippen molar-refractivity contribution in [1.82, 2.24) is 9.47 Å². The molecule has 1 aromatic heterocycles. The molecule has 110 valence electrons. The number of carbonyl (C=O) groups excluding carboxylic acids is 1. The van der Waals surface area contributed by atoms with Gasteiger partial charge in [-0.3, -0.25) is 4.79 Å². The second-order valence-electron chi connectivity index (χ2n) is 5.64. The summed E-state index contributed by atoms with van der Waals surface area (Å²) in [6.45, 7) is 2.09. The molecule has 5 nitrogen and oxygen atoms in total. The standard InChI is InChI=1S/C13H17BrN2O3S/c1-9-8-20(18,19)5-4-15(9)13(17)12-6-10(14)7-16(12)11-2-3-11/h6-7,9,11H,2-5,8H2,1H3. The lowest BCUT2D eigenvalue weighted by Crippen LogP contribution is -2.50. The van der Waals surface area contributed by atoms with Crippen molar-refractivity contribution in [2.24, 2.45) is 0 Å². The molecule has 1 aliphatic heterocycles. The Kier molecular flexibility index (Phi) is 3.44. The van der Waals surface area contributed by atoms with Crippen LogP contribution in [0.25, 0.3) is 0 Å². The van der Waals surface area contributed by atoms with Crippen molar-refractivity contribution >= 4 is 31.7 Å². The monoisotopic (exact) mass is 360 g/mol. The van der Waals surface area contributed by atoms with Crippen LogP contribution < -0.4 is 0 Å². The maximum absolute atomic E-state index is 12.7. The summed E-state index contributed by atoms with van der Waals surface area (Å²) in [7, 11) is -3.00. The number of sulfone groups is 1. The van der Waals surface area contributed by atoms with E-state index in [4.69, 9.17) is 0 Å². The number of halogens is 1. The van der Waals surface area contributed by atoms with Gasteiger partial charge in [0.2, 0.25) is 0 Å². The third-order valence-corrected chi connectivity index (χ3v) is 6.13. The third kappa shape index (κ3) is 2.65. The molecular weight excluding hydrogens is 344 g/mol. The summed E-state index contributed by atoms with van der Waals surface area (Å²) in [5, 5.41) is 0. The van der Waals surface area contributed by atoms with Crippen molar-refractivity contribution in [2.75, 3.05) is 18.1 Å². The van der Waals surface area contributed by atoms with Crippen LogP contribution in [-0.2, 0) is 9.84 Å². The zero-order chi connectivity index (χ0) is 14.5. The Bertz CT molecular complexity index is 649. The van der Waals surface area contributed by atoms with E-state index < -0.39 is 9.84 Å². The summed E-state index contributed by atoms with van der Waals surface area (Å²) in [6, 6.07) is 1.99. The van der Waals surface area contributed by atoms with Crippen LogP contribution in [0.3, 0.4) is 0 Å². The van der Waals surface area contributed by atoms with Crippen LogP contribution in [0.1, 0.15) is 36.3 Å². The number of hydrogen-bond acceptors (Lipinski definition) is 3. The molecule has 1 atom stereocenters. The first kappa shape index (κ1) is 14.1. The van der Waals surface area contributed by atoms with E-state index >= 15 is 0 Å². The highest BCUT2D eigenvalue weighted by Crippen LogP contribution is 2.38. The van der Waals surface area contributed by atoms with Gasteiger partial charge in [-0.25, -0.2) is 8.42 Å². The van der Waals surface area contributed by atoms with E-state index in [0.717, 1.165) is 17.3 Å². The molecule has 0 radical (unpaired) electrons. The average molecular weight is 361 g/mol. The number of aromatic nitrogens is 1. The lowest BCUT2D eigenvalue weighted by Gasteiger charge is -2.33. The molecule has 1 saturated heterocycles. The quantitative estimate of drug-likeness (QED) is 0.808. The lowest BCUT2D eigenvalue weighted by molar-refractivity contribution is 0.0701. The van der Waals surface area contributed by atoms with Crippen LogP contribution in [0, 0.1) is 0 Å². The number of amides is 1. The first-order valence-electron chi connectivity index (χ1n) is 6.76. The summed E-state index contributed by atoms with van der Waals surface area (Å²) >= 11 is 3.42. The number of hydrogen-bond donors (Lipinski definition) is 0. The van der Waals surface area contributed by atoms with Crippen molar-refractivity contribution in [3.8, 4) is 0 Å². The van der Waals surface area contributed by atoms with Crippen molar-refractivity contribution in [2.45, 2.75) is 31.8 Å². The second-order valence-corrected chi connectivity index (χ2v) is 8.79. The fraction of sp³-hybridized carbons (Fsp3) is 0.615. The predicted molar refractivity (Wildman–Crippen MR) is 79.6 cm³/mol. The topological polar surface area (TPSA) is 59.4 Å². The molecular formula is C13H17BrN2O3S. The minimum Gasteiger partial charge on any atom is -0.339 e. The molecule has 1 aromatic rings. The van der Waals surface area contributed by atoms with E-state index in [2.05, 4.69) is 15.9 Å². The maximum atomic E-state index is 12.7. The van der Waals surface area contributed by atoms with Gasteiger partial charge in [-0.2, -0.15) is 0 Å². The zero-order valence-electron chi connectivity index (χ0n) is 11.3. The van der Waals surface area contributed by atoms with Crippen molar-refractivity contribution in [1.29, 1.82) is 0 Å². The summed E-state index contributed by atoms with van der Waals surface area (Å²) in [6.07, 6.45) is 4.15. The zero-order valence-corrected chi connectivity index (χ0v) is 13.7. The number of rotatable bonds is 2. The van der Waals surface area contributed by atoms with E-state index in [1.165, 1.54) is 0 Å². The van der Waals surface area contributed by atoms with Crippen LogP contribution in [0.2, 0.25) is 0 Å². The summed E-state index contributed by atoms with van der Waals surface area (Å²) < 4.78 is 26.1. The highest BCUT2D eigenvalue weighted by Gasteiger charge is 2.35. The van der Waals surface area contributed by atoms with Gasteiger partial charge in [-0.1, -0.05) is 0 Å². The molecule has 1 unspecified atom stereocenters. The highest BCUT2D eigenvalue weighted by atomic mass is 79.9. The fourth-order valence-electron chi connectivity index (χ4n) is 2.72. The Balaban J connectivity index is 1.86. The first-order chi connectivity index (χ1) is 9.37. The van der Waals surface area contributed by atoms with E-state index in [0.29, 0.717) is 11.7 Å². The van der Waals surface area contributed by atoms with Crippen LogP contribution in [0.4, 0.5) is 0 Å². The van der Waals surface area contributed by atoms with E-state index in [-0.39, 0.29) is 30.0 Å². The first-order valence-corrected chi connectivity index (χ1v) is 9.37. The molecule has 0 aromatic carbocycles. The van der Waals surface area contributed by atoms with Gasteiger partial charge < -0.3 is 9.47 Å². The molecule has 3 rings (SSSR count). The van der Waals surface area contributed by atoms with Crippen molar-refractivity contribution in [3.63, 3.8) is 0 Å². The predicted octanol–water partition coefficient (Wildman–Crippen LogP) is 1.84. The Morgan fingerprint density at radius 1 is 1.40 bits per heavy atom. The highest BCUT2D eigenvalue weighted by molar-refractivity contribution is 9.10. The maximum Gasteiger partial charge on any atom is 0.270 e. The lowest BCUT2D eigenvalue weighted by atomic mass is 10.2. The van der Waals surface area contributed by atoms with Crippen LogP contribution >= 0.6 is 15.9 Å². The molecule has 7 heteroatoms. The Hall–Kier alpha value is -0.820. The minimum atomic E-state index is -3.00. The van der Waals surface area contributed by atoms with Gasteiger partial charge in [0, 0.05) is 29.3 Å². The van der Waals surface area contributed by atoms with Gasteiger partial charge in [0.15, 0.2) is 9.84 Å². The summed E-state index contributed by atoms with van der Waals surface area (Å²) in [5.41, 5.74) is 0.658. The molecule has 2 aliphatic rings. The average Bonchev–Trinajstić information content (AvgIpc) is 3.11. The summed E-state index contributed by atoms with van der Waals surface area (Å²) in [4.78, 5) is 14.4. The smallest absolute Gasteiger partial charge is 0.270 e. The van der Waals surface area contributed by atoms with Crippen LogP contribution in [0.5, 0.6) is 0 Å². The molecule has 2 heterocycles. The van der Waals surface area contributed by atoms with Gasteiger partial charge in [-0.05, 0) is 41.8 Å². The Morgan fingerprint density at radius 2 is 2.10 bits per heavy atom. The van der Waals surface area contributed by atoms with Gasteiger partial charge in [-0.15, -0.1) is 0 Å². The minimum absolute atomic E-state index is 0.0596. The number of nitrogens with zero attached hydrogens (tertiary/aromatic N) is 2. The van der Waals surface area contributed by atoms with E-state index in [9.17, 15) is 13.2 Å². The molecule has 0 N–H and O–H groups in total. The van der Waals surface area contributed by atoms with Crippen molar-refractivity contribution < 1.29 is 13.2 Å².